The largest absolute Gasteiger partial charge is 0.382 e. The molecule has 2 aliphatic heterocycles. The van der Waals surface area contributed by atoms with Gasteiger partial charge < -0.3 is 19.1 Å². The van der Waals surface area contributed by atoms with Crippen LogP contribution in [0.1, 0.15) is 11.3 Å². The molecule has 0 aliphatic carbocycles. The molecule has 0 spiro atoms. The smallest absolute Gasteiger partial charge is 0.131 e. The summed E-state index contributed by atoms with van der Waals surface area (Å²) in [4.78, 5) is 4.84. The molecule has 130 valence electrons. The average Bonchev–Trinajstić information content (AvgIpc) is 2.83. The number of ether oxygens (including phenoxy) is 3. The van der Waals surface area contributed by atoms with Gasteiger partial charge in [-0.1, -0.05) is 0 Å². The molecule has 2 fully saturated rings. The van der Waals surface area contributed by atoms with Crippen molar-refractivity contribution in [2.75, 3.05) is 64.6 Å². The lowest BCUT2D eigenvalue weighted by Crippen LogP contribution is -2.44. The molecule has 0 radical (unpaired) electrons. The van der Waals surface area contributed by atoms with Gasteiger partial charge in [0.2, 0.25) is 0 Å². The van der Waals surface area contributed by atoms with E-state index in [0.29, 0.717) is 6.61 Å². The van der Waals surface area contributed by atoms with E-state index < -0.39 is 0 Å². The highest BCUT2D eigenvalue weighted by atomic mass is 16.5. The summed E-state index contributed by atoms with van der Waals surface area (Å²) >= 11 is 0. The molecule has 0 N–H and O–H groups in total. The van der Waals surface area contributed by atoms with E-state index in [1.54, 1.807) is 7.11 Å². The van der Waals surface area contributed by atoms with Gasteiger partial charge in [0.05, 0.1) is 38.2 Å². The number of nitrogens with zero attached hydrogens (tertiary/aromatic N) is 4. The van der Waals surface area contributed by atoms with Gasteiger partial charge in [-0.25, -0.2) is 0 Å². The second-order valence-corrected chi connectivity index (χ2v) is 6.29. The average molecular weight is 324 g/mol. The fourth-order valence-corrected chi connectivity index (χ4v) is 3.48. The van der Waals surface area contributed by atoms with Gasteiger partial charge in [-0.3, -0.25) is 9.58 Å². The van der Waals surface area contributed by atoms with Crippen molar-refractivity contribution in [3.63, 3.8) is 0 Å². The van der Waals surface area contributed by atoms with Crippen LogP contribution >= 0.6 is 0 Å². The first kappa shape index (κ1) is 16.7. The number of hydrogen-bond acceptors (Lipinski definition) is 6. The molecular weight excluding hydrogens is 296 g/mol. The maximum Gasteiger partial charge on any atom is 0.131 e. The number of anilines is 1. The molecule has 3 heterocycles. The number of aryl methyl sites for hydroxylation is 2. The van der Waals surface area contributed by atoms with Gasteiger partial charge in [0.1, 0.15) is 5.82 Å². The Kier molecular flexibility index (Phi) is 5.53. The van der Waals surface area contributed by atoms with Crippen LogP contribution in [0.15, 0.2) is 0 Å². The van der Waals surface area contributed by atoms with Gasteiger partial charge in [0.15, 0.2) is 0 Å². The molecule has 0 amide bonds. The zero-order valence-electron chi connectivity index (χ0n) is 14.5. The summed E-state index contributed by atoms with van der Waals surface area (Å²) in [7, 11) is 3.76. The van der Waals surface area contributed by atoms with E-state index in [9.17, 15) is 0 Å². The van der Waals surface area contributed by atoms with Crippen molar-refractivity contribution in [1.29, 1.82) is 0 Å². The van der Waals surface area contributed by atoms with E-state index in [-0.39, 0.29) is 6.10 Å². The second kappa shape index (κ2) is 7.61. The molecule has 7 nitrogen and oxygen atoms in total. The van der Waals surface area contributed by atoms with Gasteiger partial charge in [0, 0.05) is 52.4 Å². The Morgan fingerprint density at radius 1 is 1.22 bits per heavy atom. The maximum atomic E-state index is 5.75. The Bertz CT molecular complexity index is 512. The first-order valence-corrected chi connectivity index (χ1v) is 8.37. The van der Waals surface area contributed by atoms with E-state index in [4.69, 9.17) is 14.2 Å². The molecule has 1 atom stereocenters. The van der Waals surface area contributed by atoms with Crippen molar-refractivity contribution < 1.29 is 14.2 Å². The zero-order valence-corrected chi connectivity index (χ0v) is 14.5. The molecule has 1 aromatic rings. The predicted molar refractivity (Wildman–Crippen MR) is 87.9 cm³/mol. The Hall–Kier alpha value is -1.15. The van der Waals surface area contributed by atoms with E-state index >= 15 is 0 Å². The lowest BCUT2D eigenvalue weighted by atomic mass is 10.2. The Morgan fingerprint density at radius 3 is 2.74 bits per heavy atom. The summed E-state index contributed by atoms with van der Waals surface area (Å²) in [5.41, 5.74) is 2.44. The third-order valence-corrected chi connectivity index (χ3v) is 4.58. The molecule has 1 unspecified atom stereocenters. The van der Waals surface area contributed by atoms with Crippen LogP contribution in [-0.2, 0) is 27.8 Å². The number of aromatic nitrogens is 2. The van der Waals surface area contributed by atoms with Crippen molar-refractivity contribution in [2.45, 2.75) is 19.6 Å². The normalized spacial score (nSPS) is 23.4. The maximum absolute atomic E-state index is 5.75. The molecule has 0 saturated carbocycles. The van der Waals surface area contributed by atoms with Crippen LogP contribution in [0.5, 0.6) is 0 Å². The van der Waals surface area contributed by atoms with Gasteiger partial charge >= 0.3 is 0 Å². The third kappa shape index (κ3) is 3.85. The topological polar surface area (TPSA) is 52.0 Å². The number of rotatable bonds is 5. The molecule has 23 heavy (non-hydrogen) atoms. The zero-order chi connectivity index (χ0) is 16.2. The highest BCUT2D eigenvalue weighted by molar-refractivity contribution is 5.50. The van der Waals surface area contributed by atoms with Gasteiger partial charge in [0.25, 0.3) is 0 Å². The minimum Gasteiger partial charge on any atom is -0.382 e. The minimum absolute atomic E-state index is 0.164. The third-order valence-electron chi connectivity index (χ3n) is 4.58. The fourth-order valence-electron chi connectivity index (χ4n) is 3.48. The number of hydrogen-bond donors (Lipinski definition) is 0. The first-order chi connectivity index (χ1) is 11.2. The summed E-state index contributed by atoms with van der Waals surface area (Å²) in [5.74, 6) is 1.24. The van der Waals surface area contributed by atoms with E-state index in [2.05, 4.69) is 21.8 Å². The first-order valence-electron chi connectivity index (χ1n) is 8.37. The standard InChI is InChI=1S/C16H28N4O3/c1-13-15(11-19-4-9-23-14(10-19)12-21-3)16(18(2)17-13)20-5-7-22-8-6-20/h14H,4-12H2,1-3H3. The summed E-state index contributed by atoms with van der Waals surface area (Å²) < 4.78 is 18.5. The number of methoxy groups -OCH3 is 1. The molecule has 3 rings (SSSR count). The molecule has 2 aliphatic rings. The van der Waals surface area contributed by atoms with Crippen LogP contribution in [0, 0.1) is 6.92 Å². The highest BCUT2D eigenvalue weighted by Gasteiger charge is 2.26. The fraction of sp³-hybridized carbons (Fsp3) is 0.812. The van der Waals surface area contributed by atoms with E-state index in [1.165, 1.54) is 11.4 Å². The lowest BCUT2D eigenvalue weighted by molar-refractivity contribution is -0.0631. The van der Waals surface area contributed by atoms with Gasteiger partial charge in [-0.15, -0.1) is 0 Å². The predicted octanol–water partition coefficient (Wildman–Crippen LogP) is 0.412. The van der Waals surface area contributed by atoms with Crippen molar-refractivity contribution in [1.82, 2.24) is 14.7 Å². The van der Waals surface area contributed by atoms with Crippen LogP contribution in [0.4, 0.5) is 5.82 Å². The van der Waals surface area contributed by atoms with Crippen molar-refractivity contribution in [3.8, 4) is 0 Å². The van der Waals surface area contributed by atoms with Crippen LogP contribution in [0.2, 0.25) is 0 Å². The monoisotopic (exact) mass is 324 g/mol. The Morgan fingerprint density at radius 2 is 2.00 bits per heavy atom. The van der Waals surface area contributed by atoms with Gasteiger partial charge in [-0.05, 0) is 6.92 Å². The molecule has 0 bridgehead atoms. The molecule has 0 aromatic carbocycles. The minimum atomic E-state index is 0.164. The highest BCUT2D eigenvalue weighted by Crippen LogP contribution is 2.26. The molecule has 1 aromatic heterocycles. The van der Waals surface area contributed by atoms with Crippen LogP contribution in [0.25, 0.3) is 0 Å². The van der Waals surface area contributed by atoms with E-state index in [0.717, 1.165) is 58.2 Å². The van der Waals surface area contributed by atoms with Crippen LogP contribution < -0.4 is 4.90 Å². The van der Waals surface area contributed by atoms with Crippen LogP contribution in [-0.4, -0.2) is 80.5 Å². The lowest BCUT2D eigenvalue weighted by Gasteiger charge is -2.34. The second-order valence-electron chi connectivity index (χ2n) is 6.29. The molecule has 2 saturated heterocycles. The summed E-state index contributed by atoms with van der Waals surface area (Å²) in [6, 6.07) is 0. The SMILES string of the molecule is COCC1CN(Cc2c(C)nn(C)c2N2CCOCC2)CCO1. The Balaban J connectivity index is 1.74. The van der Waals surface area contributed by atoms with Crippen molar-refractivity contribution in [2.24, 2.45) is 7.05 Å². The summed E-state index contributed by atoms with van der Waals surface area (Å²) in [6.45, 7) is 9.74. The summed E-state index contributed by atoms with van der Waals surface area (Å²) in [5, 5.41) is 4.66. The van der Waals surface area contributed by atoms with Crippen LogP contribution in [0.3, 0.4) is 0 Å². The molecule has 7 heteroatoms. The van der Waals surface area contributed by atoms with Crippen molar-refractivity contribution in [3.05, 3.63) is 11.3 Å². The van der Waals surface area contributed by atoms with E-state index in [1.807, 2.05) is 11.7 Å². The summed E-state index contributed by atoms with van der Waals surface area (Å²) in [6.07, 6.45) is 0.164. The Labute approximate surface area is 138 Å². The molecular formula is C16H28N4O3. The quantitative estimate of drug-likeness (QED) is 0.782. The van der Waals surface area contributed by atoms with Gasteiger partial charge in [-0.2, -0.15) is 5.10 Å². The number of morpholine rings is 2. The van der Waals surface area contributed by atoms with Crippen molar-refractivity contribution >= 4 is 5.82 Å².